The van der Waals surface area contributed by atoms with E-state index in [1.807, 2.05) is 6.07 Å². The summed E-state index contributed by atoms with van der Waals surface area (Å²) in [6, 6.07) is 8.31. The summed E-state index contributed by atoms with van der Waals surface area (Å²) in [5.41, 5.74) is 0.804. The van der Waals surface area contributed by atoms with Crippen molar-refractivity contribution in [1.29, 1.82) is 5.26 Å². The zero-order chi connectivity index (χ0) is 13.6. The second-order valence-electron chi connectivity index (χ2n) is 3.77. The van der Waals surface area contributed by atoms with Gasteiger partial charge in [0.25, 0.3) is 0 Å². The summed E-state index contributed by atoms with van der Waals surface area (Å²) in [7, 11) is -3.45. The predicted molar refractivity (Wildman–Crippen MR) is 69.7 cm³/mol. The molecule has 0 aliphatic heterocycles. The van der Waals surface area contributed by atoms with Gasteiger partial charge in [-0.1, -0.05) is 13.0 Å². The second-order valence-corrected chi connectivity index (χ2v) is 5.79. The van der Waals surface area contributed by atoms with Crippen LogP contribution in [0.5, 0.6) is 0 Å². The van der Waals surface area contributed by atoms with Crippen molar-refractivity contribution in [2.24, 2.45) is 0 Å². The van der Waals surface area contributed by atoms with Gasteiger partial charge < -0.3 is 5.11 Å². The van der Waals surface area contributed by atoms with Crippen LogP contribution in [0.25, 0.3) is 0 Å². The Kier molecular flexibility index (Phi) is 5.13. The Labute approximate surface area is 107 Å². The fourth-order valence-electron chi connectivity index (χ4n) is 1.62. The molecular weight excluding hydrogens is 252 g/mol. The van der Waals surface area contributed by atoms with Crippen LogP contribution in [0.3, 0.4) is 0 Å². The van der Waals surface area contributed by atoms with Gasteiger partial charge in [-0.2, -0.15) is 5.26 Å². The molecule has 0 amide bonds. The van der Waals surface area contributed by atoms with Crippen LogP contribution in [0.2, 0.25) is 0 Å². The lowest BCUT2D eigenvalue weighted by molar-refractivity contribution is 0.306. The minimum Gasteiger partial charge on any atom is -0.394 e. The number of nitrogens with zero attached hydrogens (tertiary/aromatic N) is 2. The highest BCUT2D eigenvalue weighted by molar-refractivity contribution is 7.92. The SMILES string of the molecule is CCCS(=O)(=O)N(CCO)c1cccc(C#N)c1. The molecule has 0 unspecified atom stereocenters. The molecule has 0 saturated heterocycles. The molecule has 6 heteroatoms. The smallest absolute Gasteiger partial charge is 0.235 e. The maximum atomic E-state index is 12.1. The Bertz CT molecular complexity index is 534. The highest BCUT2D eigenvalue weighted by atomic mass is 32.2. The van der Waals surface area contributed by atoms with Crippen LogP contribution >= 0.6 is 0 Å². The molecule has 5 nitrogen and oxygen atoms in total. The summed E-state index contributed by atoms with van der Waals surface area (Å²) in [5.74, 6) is 0.0176. The minimum atomic E-state index is -3.45. The fourth-order valence-corrected chi connectivity index (χ4v) is 3.15. The molecule has 0 aromatic heterocycles. The van der Waals surface area contributed by atoms with Gasteiger partial charge in [0.05, 0.1) is 36.2 Å². The van der Waals surface area contributed by atoms with E-state index in [2.05, 4.69) is 0 Å². The fraction of sp³-hybridized carbons (Fsp3) is 0.417. The van der Waals surface area contributed by atoms with Crippen LogP contribution in [0.4, 0.5) is 5.69 Å². The van der Waals surface area contributed by atoms with Gasteiger partial charge in [-0.3, -0.25) is 4.31 Å². The van der Waals surface area contributed by atoms with Crippen molar-refractivity contribution < 1.29 is 13.5 Å². The van der Waals surface area contributed by atoms with Gasteiger partial charge in [0, 0.05) is 0 Å². The van der Waals surface area contributed by atoms with Crippen LogP contribution in [0.15, 0.2) is 24.3 Å². The monoisotopic (exact) mass is 268 g/mol. The lowest BCUT2D eigenvalue weighted by Crippen LogP contribution is -2.35. The molecule has 1 aromatic rings. The number of rotatable bonds is 6. The van der Waals surface area contributed by atoms with Crippen molar-refractivity contribution in [1.82, 2.24) is 0 Å². The number of nitriles is 1. The summed E-state index contributed by atoms with van der Waals surface area (Å²) in [6.07, 6.45) is 0.502. The number of benzene rings is 1. The summed E-state index contributed by atoms with van der Waals surface area (Å²) in [6.45, 7) is 1.51. The average molecular weight is 268 g/mol. The van der Waals surface area contributed by atoms with Gasteiger partial charge in [0.1, 0.15) is 0 Å². The minimum absolute atomic E-state index is 0.00276. The Morgan fingerprint density at radius 1 is 1.44 bits per heavy atom. The molecule has 1 rings (SSSR count). The topological polar surface area (TPSA) is 81.4 Å². The molecule has 0 aliphatic carbocycles. The van der Waals surface area contributed by atoms with E-state index in [1.54, 1.807) is 25.1 Å². The molecule has 1 aromatic carbocycles. The van der Waals surface area contributed by atoms with E-state index in [0.29, 0.717) is 17.7 Å². The third kappa shape index (κ3) is 3.45. The lowest BCUT2D eigenvalue weighted by Gasteiger charge is -2.23. The summed E-state index contributed by atoms with van der Waals surface area (Å²) >= 11 is 0. The van der Waals surface area contributed by atoms with E-state index in [4.69, 9.17) is 10.4 Å². The molecule has 0 heterocycles. The standard InChI is InChI=1S/C12H16N2O3S/c1-2-8-18(16,17)14(6-7-15)12-5-3-4-11(9-12)10-13/h3-5,9,15H,2,6-8H2,1H3. The van der Waals surface area contributed by atoms with Crippen molar-refractivity contribution in [3.05, 3.63) is 29.8 Å². The summed E-state index contributed by atoms with van der Waals surface area (Å²) < 4.78 is 25.3. The van der Waals surface area contributed by atoms with Gasteiger partial charge in [-0.15, -0.1) is 0 Å². The Hall–Kier alpha value is -1.58. The zero-order valence-corrected chi connectivity index (χ0v) is 11.0. The quantitative estimate of drug-likeness (QED) is 0.837. The molecular formula is C12H16N2O3S. The maximum absolute atomic E-state index is 12.1. The van der Waals surface area contributed by atoms with Crippen molar-refractivity contribution in [3.63, 3.8) is 0 Å². The normalized spacial score (nSPS) is 10.9. The molecule has 0 radical (unpaired) electrons. The van der Waals surface area contributed by atoms with E-state index in [0.717, 1.165) is 4.31 Å². The van der Waals surface area contributed by atoms with E-state index in [-0.39, 0.29) is 18.9 Å². The molecule has 18 heavy (non-hydrogen) atoms. The molecule has 0 saturated carbocycles. The number of hydrogen-bond acceptors (Lipinski definition) is 4. The molecule has 0 aliphatic rings. The first-order valence-corrected chi connectivity index (χ1v) is 7.27. The van der Waals surface area contributed by atoms with E-state index in [9.17, 15) is 8.42 Å². The third-order valence-electron chi connectivity index (χ3n) is 2.36. The van der Waals surface area contributed by atoms with Crippen LogP contribution < -0.4 is 4.31 Å². The number of hydrogen-bond donors (Lipinski definition) is 1. The second kappa shape index (κ2) is 6.38. The largest absolute Gasteiger partial charge is 0.394 e. The van der Waals surface area contributed by atoms with Crippen molar-refractivity contribution in [2.75, 3.05) is 23.2 Å². The Morgan fingerprint density at radius 3 is 2.72 bits per heavy atom. The number of anilines is 1. The van der Waals surface area contributed by atoms with Gasteiger partial charge >= 0.3 is 0 Å². The van der Waals surface area contributed by atoms with Crippen molar-refractivity contribution >= 4 is 15.7 Å². The summed E-state index contributed by atoms with van der Waals surface area (Å²) in [4.78, 5) is 0. The number of aliphatic hydroxyl groups is 1. The first-order chi connectivity index (χ1) is 8.55. The predicted octanol–water partition coefficient (Wildman–Crippen LogP) is 1.10. The average Bonchev–Trinajstić information content (AvgIpc) is 2.35. The first kappa shape index (κ1) is 14.5. The first-order valence-electron chi connectivity index (χ1n) is 5.66. The zero-order valence-electron chi connectivity index (χ0n) is 10.2. The van der Waals surface area contributed by atoms with E-state index in [1.165, 1.54) is 6.07 Å². The summed E-state index contributed by atoms with van der Waals surface area (Å²) in [5, 5.41) is 17.8. The van der Waals surface area contributed by atoms with Gasteiger partial charge in [0.2, 0.25) is 10.0 Å². The lowest BCUT2D eigenvalue weighted by atomic mass is 10.2. The van der Waals surface area contributed by atoms with E-state index >= 15 is 0 Å². The van der Waals surface area contributed by atoms with E-state index < -0.39 is 10.0 Å². The molecule has 1 N–H and O–H groups in total. The van der Waals surface area contributed by atoms with Crippen LogP contribution in [-0.4, -0.2) is 32.4 Å². The highest BCUT2D eigenvalue weighted by Crippen LogP contribution is 2.19. The Balaban J connectivity index is 3.16. The number of sulfonamides is 1. The van der Waals surface area contributed by atoms with Gasteiger partial charge in [-0.05, 0) is 24.6 Å². The molecule has 98 valence electrons. The van der Waals surface area contributed by atoms with Crippen LogP contribution in [0.1, 0.15) is 18.9 Å². The molecule has 0 fully saturated rings. The van der Waals surface area contributed by atoms with Crippen LogP contribution in [-0.2, 0) is 10.0 Å². The molecule has 0 atom stereocenters. The molecule has 0 bridgehead atoms. The van der Waals surface area contributed by atoms with Crippen molar-refractivity contribution in [3.8, 4) is 6.07 Å². The maximum Gasteiger partial charge on any atom is 0.235 e. The number of aliphatic hydroxyl groups excluding tert-OH is 1. The Morgan fingerprint density at radius 2 is 2.17 bits per heavy atom. The highest BCUT2D eigenvalue weighted by Gasteiger charge is 2.21. The molecule has 0 spiro atoms. The van der Waals surface area contributed by atoms with Gasteiger partial charge in [0.15, 0.2) is 0 Å². The third-order valence-corrected chi connectivity index (χ3v) is 4.35. The van der Waals surface area contributed by atoms with Crippen LogP contribution in [0, 0.1) is 11.3 Å². The van der Waals surface area contributed by atoms with Gasteiger partial charge in [-0.25, -0.2) is 8.42 Å². The van der Waals surface area contributed by atoms with Crippen molar-refractivity contribution in [2.45, 2.75) is 13.3 Å².